The SMILES string of the molecule is CCCN1CCC(N(C)C(=O)c2ccc(C)c(N)c2)CC1. The zero-order valence-electron chi connectivity index (χ0n) is 13.4. The fourth-order valence-corrected chi connectivity index (χ4v) is 2.99. The lowest BCUT2D eigenvalue weighted by Crippen LogP contribution is -2.45. The van der Waals surface area contributed by atoms with Gasteiger partial charge in [0.05, 0.1) is 0 Å². The molecule has 4 nitrogen and oxygen atoms in total. The number of anilines is 1. The van der Waals surface area contributed by atoms with Crippen molar-refractivity contribution in [1.29, 1.82) is 0 Å². The highest BCUT2D eigenvalue weighted by Gasteiger charge is 2.25. The number of carbonyl (C=O) groups is 1. The van der Waals surface area contributed by atoms with Crippen molar-refractivity contribution in [1.82, 2.24) is 9.80 Å². The first kappa shape index (κ1) is 15.8. The lowest BCUT2D eigenvalue weighted by molar-refractivity contribution is 0.0643. The molecule has 2 rings (SSSR count). The van der Waals surface area contributed by atoms with E-state index in [0.717, 1.165) is 31.5 Å². The van der Waals surface area contributed by atoms with E-state index in [2.05, 4.69) is 11.8 Å². The number of benzene rings is 1. The standard InChI is InChI=1S/C17H27N3O/c1-4-9-20-10-7-15(8-11-20)19(3)17(21)14-6-5-13(2)16(18)12-14/h5-6,12,15H,4,7-11,18H2,1-3H3. The topological polar surface area (TPSA) is 49.6 Å². The quantitative estimate of drug-likeness (QED) is 0.867. The Bertz CT molecular complexity index is 493. The molecule has 1 aliphatic heterocycles. The van der Waals surface area contributed by atoms with E-state index in [1.54, 1.807) is 6.07 Å². The van der Waals surface area contributed by atoms with Gasteiger partial charge in [-0.25, -0.2) is 0 Å². The molecule has 0 spiro atoms. The van der Waals surface area contributed by atoms with E-state index >= 15 is 0 Å². The molecule has 4 heteroatoms. The van der Waals surface area contributed by atoms with Gasteiger partial charge in [-0.05, 0) is 50.4 Å². The molecule has 1 amide bonds. The average Bonchev–Trinajstić information content (AvgIpc) is 2.50. The van der Waals surface area contributed by atoms with Crippen molar-refractivity contribution in [2.45, 2.75) is 39.2 Å². The molecular weight excluding hydrogens is 262 g/mol. The second kappa shape index (κ2) is 6.94. The number of carbonyl (C=O) groups excluding carboxylic acids is 1. The number of likely N-dealkylation sites (tertiary alicyclic amines) is 1. The minimum atomic E-state index is 0.0793. The van der Waals surface area contributed by atoms with Crippen LogP contribution in [0.3, 0.4) is 0 Å². The van der Waals surface area contributed by atoms with Gasteiger partial charge >= 0.3 is 0 Å². The molecule has 0 radical (unpaired) electrons. The van der Waals surface area contributed by atoms with E-state index in [1.807, 2.05) is 31.0 Å². The number of nitrogens with two attached hydrogens (primary N) is 1. The van der Waals surface area contributed by atoms with Crippen LogP contribution in [0.2, 0.25) is 0 Å². The van der Waals surface area contributed by atoms with Crippen molar-refractivity contribution < 1.29 is 4.79 Å². The molecule has 0 aromatic heterocycles. The Morgan fingerprint density at radius 1 is 1.38 bits per heavy atom. The van der Waals surface area contributed by atoms with E-state index < -0.39 is 0 Å². The van der Waals surface area contributed by atoms with Crippen molar-refractivity contribution >= 4 is 11.6 Å². The largest absolute Gasteiger partial charge is 0.398 e. The Balaban J connectivity index is 1.98. The van der Waals surface area contributed by atoms with Crippen molar-refractivity contribution in [2.24, 2.45) is 0 Å². The fourth-order valence-electron chi connectivity index (χ4n) is 2.99. The van der Waals surface area contributed by atoms with Gasteiger partial charge in [0, 0.05) is 37.4 Å². The Morgan fingerprint density at radius 3 is 2.62 bits per heavy atom. The fraction of sp³-hybridized carbons (Fsp3) is 0.588. The van der Waals surface area contributed by atoms with Gasteiger partial charge < -0.3 is 15.5 Å². The summed E-state index contributed by atoms with van der Waals surface area (Å²) >= 11 is 0. The number of amides is 1. The summed E-state index contributed by atoms with van der Waals surface area (Å²) in [6, 6.07) is 5.92. The first-order chi connectivity index (χ1) is 10.0. The van der Waals surface area contributed by atoms with Crippen LogP contribution in [0.4, 0.5) is 5.69 Å². The van der Waals surface area contributed by atoms with Crippen LogP contribution in [0.5, 0.6) is 0 Å². The molecule has 0 aliphatic carbocycles. The minimum absolute atomic E-state index is 0.0793. The molecule has 0 saturated carbocycles. The summed E-state index contributed by atoms with van der Waals surface area (Å²) < 4.78 is 0. The molecule has 0 bridgehead atoms. The van der Waals surface area contributed by atoms with Crippen molar-refractivity contribution in [3.8, 4) is 0 Å². The van der Waals surface area contributed by atoms with E-state index in [0.29, 0.717) is 17.3 Å². The molecule has 116 valence electrons. The summed E-state index contributed by atoms with van der Waals surface area (Å²) in [6.45, 7) is 7.51. The molecule has 1 aromatic rings. The third-order valence-electron chi connectivity index (χ3n) is 4.49. The van der Waals surface area contributed by atoms with E-state index in [9.17, 15) is 4.79 Å². The van der Waals surface area contributed by atoms with Crippen LogP contribution in [-0.2, 0) is 0 Å². The average molecular weight is 289 g/mol. The van der Waals surface area contributed by atoms with Gasteiger partial charge in [-0.3, -0.25) is 4.79 Å². The minimum Gasteiger partial charge on any atom is -0.398 e. The van der Waals surface area contributed by atoms with E-state index in [-0.39, 0.29) is 5.91 Å². The van der Waals surface area contributed by atoms with Crippen LogP contribution in [0, 0.1) is 6.92 Å². The first-order valence-corrected chi connectivity index (χ1v) is 7.88. The monoisotopic (exact) mass is 289 g/mol. The Morgan fingerprint density at radius 2 is 2.05 bits per heavy atom. The van der Waals surface area contributed by atoms with Crippen LogP contribution < -0.4 is 5.73 Å². The highest BCUT2D eigenvalue weighted by atomic mass is 16.2. The number of nitrogens with zero attached hydrogens (tertiary/aromatic N) is 2. The Hall–Kier alpha value is -1.55. The highest BCUT2D eigenvalue weighted by Crippen LogP contribution is 2.19. The number of nitrogen functional groups attached to an aromatic ring is 1. The van der Waals surface area contributed by atoms with Crippen LogP contribution in [-0.4, -0.2) is 48.4 Å². The van der Waals surface area contributed by atoms with E-state index in [4.69, 9.17) is 5.73 Å². The van der Waals surface area contributed by atoms with Gasteiger partial charge in [-0.15, -0.1) is 0 Å². The molecule has 1 aliphatic rings. The van der Waals surface area contributed by atoms with Gasteiger partial charge in [0.15, 0.2) is 0 Å². The summed E-state index contributed by atoms with van der Waals surface area (Å²) in [4.78, 5) is 17.0. The third-order valence-corrected chi connectivity index (χ3v) is 4.49. The molecule has 2 N–H and O–H groups in total. The molecule has 1 fully saturated rings. The van der Waals surface area contributed by atoms with Crippen LogP contribution in [0.25, 0.3) is 0 Å². The molecule has 0 atom stereocenters. The molecule has 1 aromatic carbocycles. The second-order valence-electron chi connectivity index (χ2n) is 6.06. The van der Waals surface area contributed by atoms with Gasteiger partial charge in [-0.2, -0.15) is 0 Å². The summed E-state index contributed by atoms with van der Waals surface area (Å²) in [5, 5.41) is 0. The maximum atomic E-state index is 12.6. The normalized spacial score (nSPS) is 16.9. The van der Waals surface area contributed by atoms with Crippen LogP contribution in [0.15, 0.2) is 18.2 Å². The van der Waals surface area contributed by atoms with Gasteiger partial charge in [-0.1, -0.05) is 13.0 Å². The van der Waals surface area contributed by atoms with Gasteiger partial charge in [0.2, 0.25) is 0 Å². The summed E-state index contributed by atoms with van der Waals surface area (Å²) in [5.41, 5.74) is 8.31. The zero-order valence-corrected chi connectivity index (χ0v) is 13.4. The zero-order chi connectivity index (χ0) is 15.4. The number of piperidine rings is 1. The predicted molar refractivity (Wildman–Crippen MR) is 87.4 cm³/mol. The summed E-state index contributed by atoms with van der Waals surface area (Å²) in [7, 11) is 1.92. The molecule has 21 heavy (non-hydrogen) atoms. The molecule has 1 heterocycles. The number of hydrogen-bond donors (Lipinski definition) is 1. The van der Waals surface area contributed by atoms with Crippen molar-refractivity contribution in [3.05, 3.63) is 29.3 Å². The van der Waals surface area contributed by atoms with Gasteiger partial charge in [0.1, 0.15) is 0 Å². The third kappa shape index (κ3) is 3.76. The predicted octanol–water partition coefficient (Wildman–Crippen LogP) is 2.52. The number of rotatable bonds is 4. The second-order valence-corrected chi connectivity index (χ2v) is 6.06. The summed E-state index contributed by atoms with van der Waals surface area (Å²) in [6.07, 6.45) is 3.31. The summed E-state index contributed by atoms with van der Waals surface area (Å²) in [5.74, 6) is 0.0793. The molecule has 0 unspecified atom stereocenters. The maximum absolute atomic E-state index is 12.6. The van der Waals surface area contributed by atoms with Crippen molar-refractivity contribution in [3.63, 3.8) is 0 Å². The number of hydrogen-bond acceptors (Lipinski definition) is 3. The van der Waals surface area contributed by atoms with Crippen LogP contribution >= 0.6 is 0 Å². The van der Waals surface area contributed by atoms with Crippen LogP contribution in [0.1, 0.15) is 42.1 Å². The lowest BCUT2D eigenvalue weighted by atomic mass is 10.0. The Labute approximate surface area is 127 Å². The van der Waals surface area contributed by atoms with Gasteiger partial charge in [0.25, 0.3) is 5.91 Å². The van der Waals surface area contributed by atoms with Crippen molar-refractivity contribution in [2.75, 3.05) is 32.4 Å². The number of aryl methyl sites for hydroxylation is 1. The maximum Gasteiger partial charge on any atom is 0.253 e. The highest BCUT2D eigenvalue weighted by molar-refractivity contribution is 5.95. The first-order valence-electron chi connectivity index (χ1n) is 7.88. The lowest BCUT2D eigenvalue weighted by Gasteiger charge is -2.36. The molecular formula is C17H27N3O. The van der Waals surface area contributed by atoms with E-state index in [1.165, 1.54) is 13.0 Å². The molecule has 1 saturated heterocycles. The Kier molecular flexibility index (Phi) is 5.23. The smallest absolute Gasteiger partial charge is 0.253 e.